The number of methoxy groups -OCH3 is 1. The Morgan fingerprint density at radius 3 is 2.50 bits per heavy atom. The highest BCUT2D eigenvalue weighted by atomic mass is 16.6. The Balaban J connectivity index is 1.96. The van der Waals surface area contributed by atoms with Gasteiger partial charge in [-0.25, -0.2) is 0 Å². The highest BCUT2D eigenvalue weighted by Crippen LogP contribution is 2.27. The summed E-state index contributed by atoms with van der Waals surface area (Å²) >= 11 is 0. The molecule has 2 aromatic heterocycles. The lowest BCUT2D eigenvalue weighted by atomic mass is 10.2. The van der Waals surface area contributed by atoms with Crippen LogP contribution in [0.3, 0.4) is 0 Å². The van der Waals surface area contributed by atoms with E-state index >= 15 is 0 Å². The molecule has 0 unspecified atom stereocenters. The summed E-state index contributed by atoms with van der Waals surface area (Å²) in [7, 11) is 1.63. The average Bonchev–Trinajstić information content (AvgIpc) is 3.12. The monoisotopic (exact) mass is 353 g/mol. The molecule has 0 aliphatic carbocycles. The molecule has 2 heterocycles. The van der Waals surface area contributed by atoms with Gasteiger partial charge in [-0.1, -0.05) is 5.16 Å². The molecule has 7 heteroatoms. The Morgan fingerprint density at radius 2 is 1.88 bits per heavy atom. The Hall–Kier alpha value is -3.35. The van der Waals surface area contributed by atoms with Crippen molar-refractivity contribution in [2.24, 2.45) is 0 Å². The van der Waals surface area contributed by atoms with Crippen LogP contribution in [0.4, 0.5) is 5.69 Å². The zero-order chi connectivity index (χ0) is 18.8. The molecule has 7 nitrogen and oxygen atoms in total. The van der Waals surface area contributed by atoms with E-state index in [4.69, 9.17) is 9.26 Å². The van der Waals surface area contributed by atoms with E-state index in [2.05, 4.69) is 9.72 Å². The molecule has 0 amide bonds. The number of nitrogens with zero attached hydrogens (tertiary/aromatic N) is 3. The van der Waals surface area contributed by atoms with Crippen molar-refractivity contribution in [2.75, 3.05) is 7.11 Å². The Kier molecular flexibility index (Phi) is 4.62. The minimum absolute atomic E-state index is 0.106. The number of aromatic nitrogens is 2. The first kappa shape index (κ1) is 17.5. The Bertz CT molecular complexity index is 981. The third-order valence-corrected chi connectivity index (χ3v) is 4.25. The predicted molar refractivity (Wildman–Crippen MR) is 98.6 cm³/mol. The van der Waals surface area contributed by atoms with Gasteiger partial charge in [0.2, 0.25) is 5.76 Å². The molecule has 0 saturated heterocycles. The summed E-state index contributed by atoms with van der Waals surface area (Å²) in [6, 6.07) is 9.80. The van der Waals surface area contributed by atoms with Crippen LogP contribution in [-0.4, -0.2) is 21.8 Å². The first-order chi connectivity index (χ1) is 12.4. The molecule has 3 rings (SSSR count). The van der Waals surface area contributed by atoms with Gasteiger partial charge in [-0.2, -0.15) is 0 Å². The zero-order valence-electron chi connectivity index (χ0n) is 15.0. The van der Waals surface area contributed by atoms with Crippen molar-refractivity contribution in [3.05, 3.63) is 68.9 Å². The van der Waals surface area contributed by atoms with Crippen LogP contribution in [0, 0.1) is 30.9 Å². The molecule has 0 saturated carbocycles. The Morgan fingerprint density at radius 1 is 1.19 bits per heavy atom. The van der Waals surface area contributed by atoms with Crippen LogP contribution < -0.4 is 4.74 Å². The number of benzene rings is 1. The zero-order valence-corrected chi connectivity index (χ0v) is 15.0. The van der Waals surface area contributed by atoms with Crippen LogP contribution in [0.5, 0.6) is 5.75 Å². The number of hydrogen-bond donors (Lipinski definition) is 0. The third kappa shape index (κ3) is 3.11. The van der Waals surface area contributed by atoms with Crippen molar-refractivity contribution >= 4 is 17.8 Å². The summed E-state index contributed by atoms with van der Waals surface area (Å²) in [5.74, 6) is 0.936. The summed E-state index contributed by atoms with van der Waals surface area (Å²) in [6.45, 7) is 5.56. The van der Waals surface area contributed by atoms with Crippen molar-refractivity contribution in [3.63, 3.8) is 0 Å². The average molecular weight is 353 g/mol. The second kappa shape index (κ2) is 6.87. The van der Waals surface area contributed by atoms with Crippen molar-refractivity contribution in [2.45, 2.75) is 20.8 Å². The lowest BCUT2D eigenvalue weighted by Gasteiger charge is -2.10. The van der Waals surface area contributed by atoms with Crippen molar-refractivity contribution in [1.29, 1.82) is 0 Å². The first-order valence-corrected chi connectivity index (χ1v) is 8.04. The normalized spacial score (nSPS) is 11.2. The molecule has 134 valence electrons. The van der Waals surface area contributed by atoms with Crippen LogP contribution in [0.25, 0.3) is 17.8 Å². The van der Waals surface area contributed by atoms with Crippen LogP contribution in [0.1, 0.15) is 28.4 Å². The summed E-state index contributed by atoms with van der Waals surface area (Å²) in [5, 5.41) is 14.8. The van der Waals surface area contributed by atoms with Gasteiger partial charge in [-0.3, -0.25) is 10.1 Å². The fourth-order valence-electron chi connectivity index (χ4n) is 2.96. The van der Waals surface area contributed by atoms with E-state index in [1.807, 2.05) is 44.2 Å². The van der Waals surface area contributed by atoms with Crippen LogP contribution in [0.2, 0.25) is 0 Å². The van der Waals surface area contributed by atoms with E-state index < -0.39 is 4.92 Å². The lowest BCUT2D eigenvalue weighted by molar-refractivity contribution is -0.386. The molecule has 0 bridgehead atoms. The third-order valence-electron chi connectivity index (χ3n) is 4.25. The minimum atomic E-state index is -0.480. The lowest BCUT2D eigenvalue weighted by Crippen LogP contribution is -1.99. The second-order valence-electron chi connectivity index (χ2n) is 5.93. The molecule has 0 N–H and O–H groups in total. The number of rotatable bonds is 5. The maximum Gasteiger partial charge on any atom is 0.338 e. The molecule has 3 aromatic rings. The fraction of sp³-hybridized carbons (Fsp3) is 0.211. The topological polar surface area (TPSA) is 83.3 Å². The van der Waals surface area contributed by atoms with Gasteiger partial charge >= 0.3 is 5.69 Å². The van der Waals surface area contributed by atoms with E-state index in [0.717, 1.165) is 28.4 Å². The molecule has 0 aliphatic heterocycles. The molecule has 0 fully saturated rings. The second-order valence-corrected chi connectivity index (χ2v) is 5.93. The largest absolute Gasteiger partial charge is 0.497 e. The highest BCUT2D eigenvalue weighted by molar-refractivity contribution is 5.73. The van der Waals surface area contributed by atoms with Gasteiger partial charge in [0.15, 0.2) is 5.69 Å². The predicted octanol–water partition coefficient (Wildman–Crippen LogP) is 4.48. The molecule has 0 radical (unpaired) electrons. The number of aryl methyl sites for hydroxylation is 2. The van der Waals surface area contributed by atoms with Gasteiger partial charge in [-0.05, 0) is 68.8 Å². The Labute approximate surface area is 150 Å². The maximum atomic E-state index is 11.1. The van der Waals surface area contributed by atoms with Crippen LogP contribution in [0.15, 0.2) is 34.9 Å². The SMILES string of the molecule is COc1ccc(-n2c(C)cc(C=Cc3onc(C)c3[N+](=O)[O-])c2C)cc1. The van der Waals surface area contributed by atoms with Crippen LogP contribution in [-0.2, 0) is 0 Å². The fourth-order valence-corrected chi connectivity index (χ4v) is 2.96. The van der Waals surface area contributed by atoms with Crippen molar-refractivity contribution < 1.29 is 14.2 Å². The van der Waals surface area contributed by atoms with E-state index in [9.17, 15) is 10.1 Å². The standard InChI is InChI=1S/C19H19N3O4/c1-12-11-15(5-10-18-19(22(23)24)13(2)20-26-18)14(3)21(12)16-6-8-17(25-4)9-7-16/h5-11H,1-4H3. The molecular formula is C19H19N3O4. The van der Waals surface area contributed by atoms with Gasteiger partial charge in [-0.15, -0.1) is 0 Å². The first-order valence-electron chi connectivity index (χ1n) is 8.04. The van der Waals surface area contributed by atoms with Crippen molar-refractivity contribution in [3.8, 4) is 11.4 Å². The smallest absolute Gasteiger partial charge is 0.338 e. The van der Waals surface area contributed by atoms with E-state index in [1.54, 1.807) is 26.2 Å². The maximum absolute atomic E-state index is 11.1. The van der Waals surface area contributed by atoms with Gasteiger partial charge in [0.1, 0.15) is 5.75 Å². The highest BCUT2D eigenvalue weighted by Gasteiger charge is 2.22. The van der Waals surface area contributed by atoms with Gasteiger partial charge in [0.25, 0.3) is 0 Å². The number of hydrogen-bond acceptors (Lipinski definition) is 5. The number of nitro groups is 1. The number of ether oxygens (including phenoxy) is 1. The summed E-state index contributed by atoms with van der Waals surface area (Å²) in [6.07, 6.45) is 3.38. The van der Waals surface area contributed by atoms with E-state index in [0.29, 0.717) is 0 Å². The molecule has 0 aliphatic rings. The molecule has 1 aromatic carbocycles. The molecule has 26 heavy (non-hydrogen) atoms. The molecule has 0 atom stereocenters. The minimum Gasteiger partial charge on any atom is -0.497 e. The summed E-state index contributed by atoms with van der Waals surface area (Å²) < 4.78 is 12.4. The quantitative estimate of drug-likeness (QED) is 0.499. The van der Waals surface area contributed by atoms with Gasteiger partial charge in [0, 0.05) is 17.1 Å². The molecule has 0 spiro atoms. The van der Waals surface area contributed by atoms with E-state index in [1.165, 1.54) is 0 Å². The summed E-state index contributed by atoms with van der Waals surface area (Å²) in [4.78, 5) is 10.7. The van der Waals surface area contributed by atoms with Crippen molar-refractivity contribution in [1.82, 2.24) is 9.72 Å². The van der Waals surface area contributed by atoms with Gasteiger partial charge in [0.05, 0.1) is 12.0 Å². The van der Waals surface area contributed by atoms with Crippen LogP contribution >= 0.6 is 0 Å². The summed E-state index contributed by atoms with van der Waals surface area (Å²) in [5.41, 5.74) is 4.19. The molecular weight excluding hydrogens is 334 g/mol. The van der Waals surface area contributed by atoms with Gasteiger partial charge < -0.3 is 13.8 Å². The van der Waals surface area contributed by atoms with E-state index in [-0.39, 0.29) is 17.1 Å².